The van der Waals surface area contributed by atoms with E-state index in [0.717, 1.165) is 0 Å². The number of imidazole rings is 1. The second-order valence-electron chi connectivity index (χ2n) is 5.39. The number of anilines is 1. The molecular formula is C16H19Cl2N3. The van der Waals surface area contributed by atoms with Crippen molar-refractivity contribution in [2.24, 2.45) is 5.41 Å². The first kappa shape index (κ1) is 17.4. The van der Waals surface area contributed by atoms with E-state index in [1.54, 1.807) is 12.4 Å². The molecule has 1 saturated carbocycles. The quantitative estimate of drug-likeness (QED) is 0.744. The van der Waals surface area contributed by atoms with Gasteiger partial charge in [-0.15, -0.1) is 12.8 Å². The van der Waals surface area contributed by atoms with Crippen LogP contribution in [-0.2, 0) is 0 Å². The molecule has 112 valence electrons. The largest absolute Gasteiger partial charge is 0.369 e. The lowest BCUT2D eigenvalue weighted by atomic mass is 10.0. The molecule has 0 aliphatic heterocycles. The number of H-pyrrole nitrogens is 1. The average molecular weight is 324 g/mol. The third-order valence-corrected chi connectivity index (χ3v) is 4.12. The summed E-state index contributed by atoms with van der Waals surface area (Å²) in [4.78, 5) is 6.31. The molecule has 1 heterocycles. The highest BCUT2D eigenvalue weighted by Crippen LogP contribution is 2.58. The maximum absolute atomic E-state index is 5.95. The van der Waals surface area contributed by atoms with Gasteiger partial charge in [-0.2, -0.15) is 0 Å². The molecule has 1 aromatic carbocycles. The Balaban J connectivity index is 0.000000231. The first-order valence-electron chi connectivity index (χ1n) is 6.43. The summed E-state index contributed by atoms with van der Waals surface area (Å²) in [6, 6.07) is 5.95. The first-order valence-corrected chi connectivity index (χ1v) is 7.19. The third kappa shape index (κ3) is 5.00. The van der Waals surface area contributed by atoms with Crippen molar-refractivity contribution in [1.82, 2.24) is 9.97 Å². The van der Waals surface area contributed by atoms with Crippen molar-refractivity contribution in [3.8, 4) is 12.8 Å². The Hall–Kier alpha value is -1.63. The van der Waals surface area contributed by atoms with E-state index < -0.39 is 0 Å². The second kappa shape index (κ2) is 7.40. The fourth-order valence-corrected chi connectivity index (χ4v) is 2.35. The molecule has 3 nitrogen and oxygen atoms in total. The number of rotatable bonds is 1. The lowest BCUT2D eigenvalue weighted by molar-refractivity contribution is 0.622. The van der Waals surface area contributed by atoms with Gasteiger partial charge in [0, 0.05) is 12.4 Å². The summed E-state index contributed by atoms with van der Waals surface area (Å²) in [5.74, 6) is 1.14. The molecule has 21 heavy (non-hydrogen) atoms. The van der Waals surface area contributed by atoms with Crippen molar-refractivity contribution in [1.29, 1.82) is 0 Å². The van der Waals surface area contributed by atoms with Crippen LogP contribution in [0.1, 0.15) is 31.7 Å². The van der Waals surface area contributed by atoms with Gasteiger partial charge >= 0.3 is 0 Å². The van der Waals surface area contributed by atoms with Crippen molar-refractivity contribution in [2.45, 2.75) is 26.2 Å². The van der Waals surface area contributed by atoms with Crippen LogP contribution < -0.4 is 5.73 Å². The summed E-state index contributed by atoms with van der Waals surface area (Å²) in [6.07, 6.45) is 12.5. The average Bonchev–Trinajstić information content (AvgIpc) is 2.86. The van der Waals surface area contributed by atoms with Crippen LogP contribution in [-0.4, -0.2) is 9.97 Å². The molecule has 1 aliphatic carbocycles. The number of nitrogen functional groups attached to an aromatic ring is 1. The number of nitrogens with zero attached hydrogens (tertiary/aromatic N) is 1. The number of hydrogen-bond donors (Lipinski definition) is 2. The van der Waals surface area contributed by atoms with Crippen LogP contribution >= 0.6 is 23.2 Å². The monoisotopic (exact) mass is 323 g/mol. The van der Waals surface area contributed by atoms with Gasteiger partial charge in [-0.25, -0.2) is 4.98 Å². The van der Waals surface area contributed by atoms with E-state index in [2.05, 4.69) is 42.7 Å². The van der Waals surface area contributed by atoms with Gasteiger partial charge in [0.15, 0.2) is 5.95 Å². The van der Waals surface area contributed by atoms with Gasteiger partial charge in [0.2, 0.25) is 0 Å². The molecule has 0 amide bonds. The molecule has 1 aromatic heterocycles. The Morgan fingerprint density at radius 3 is 2.24 bits per heavy atom. The van der Waals surface area contributed by atoms with Crippen LogP contribution in [0.15, 0.2) is 30.6 Å². The topological polar surface area (TPSA) is 54.7 Å². The van der Waals surface area contributed by atoms with E-state index in [1.807, 2.05) is 12.1 Å². The molecule has 1 fully saturated rings. The predicted molar refractivity (Wildman–Crippen MR) is 90.5 cm³/mol. The molecule has 0 saturated heterocycles. The summed E-state index contributed by atoms with van der Waals surface area (Å²) in [7, 11) is 0. The SMILES string of the molecule is C#C.CC1(C)C[C@H]1c1ccc(Cl)c(Cl)c1.Nc1ncc[nH]1. The number of benzene rings is 1. The van der Waals surface area contributed by atoms with Crippen LogP contribution in [0.4, 0.5) is 5.95 Å². The van der Waals surface area contributed by atoms with E-state index in [1.165, 1.54) is 12.0 Å². The Kier molecular flexibility index (Phi) is 6.14. The van der Waals surface area contributed by atoms with Gasteiger partial charge < -0.3 is 10.7 Å². The van der Waals surface area contributed by atoms with Crippen molar-refractivity contribution < 1.29 is 0 Å². The molecule has 5 heteroatoms. The van der Waals surface area contributed by atoms with Crippen molar-refractivity contribution in [2.75, 3.05) is 5.73 Å². The Morgan fingerprint density at radius 1 is 1.29 bits per heavy atom. The number of aromatic nitrogens is 2. The first-order chi connectivity index (χ1) is 9.90. The van der Waals surface area contributed by atoms with E-state index in [4.69, 9.17) is 28.9 Å². The van der Waals surface area contributed by atoms with Gasteiger partial charge in [0.25, 0.3) is 0 Å². The number of hydrogen-bond acceptors (Lipinski definition) is 2. The van der Waals surface area contributed by atoms with Crippen LogP contribution in [0, 0.1) is 18.3 Å². The Labute approximate surface area is 135 Å². The summed E-state index contributed by atoms with van der Waals surface area (Å²) >= 11 is 11.8. The highest BCUT2D eigenvalue weighted by Gasteiger charge is 2.46. The fourth-order valence-electron chi connectivity index (χ4n) is 2.04. The molecule has 1 aliphatic rings. The van der Waals surface area contributed by atoms with Crippen LogP contribution in [0.3, 0.4) is 0 Å². The number of nitrogens with one attached hydrogen (secondary N) is 1. The zero-order chi connectivity index (χ0) is 16.0. The summed E-state index contributed by atoms with van der Waals surface area (Å²) in [5.41, 5.74) is 6.89. The molecule has 3 rings (SSSR count). The third-order valence-electron chi connectivity index (χ3n) is 3.38. The van der Waals surface area contributed by atoms with Gasteiger partial charge in [0.1, 0.15) is 0 Å². The Morgan fingerprint density at radius 2 is 1.90 bits per heavy atom. The lowest BCUT2D eigenvalue weighted by Crippen LogP contribution is -1.89. The lowest BCUT2D eigenvalue weighted by Gasteiger charge is -2.04. The minimum Gasteiger partial charge on any atom is -0.369 e. The summed E-state index contributed by atoms with van der Waals surface area (Å²) in [6.45, 7) is 4.56. The number of terminal acetylenes is 1. The van der Waals surface area contributed by atoms with Gasteiger partial charge in [0.05, 0.1) is 10.0 Å². The second-order valence-corrected chi connectivity index (χ2v) is 6.21. The standard InChI is InChI=1S/C11H12Cl2.C3H5N3.C2H2/c1-11(2)6-8(11)7-3-4-9(12)10(13)5-7;4-3-5-1-2-6-3;1-2/h3-5,8H,6H2,1-2H3;1-2H,(H3,4,5,6);1-2H/t8-;;/m0../s1. The van der Waals surface area contributed by atoms with Crippen molar-refractivity contribution >= 4 is 29.2 Å². The van der Waals surface area contributed by atoms with Crippen molar-refractivity contribution in [3.05, 3.63) is 46.2 Å². The molecule has 0 radical (unpaired) electrons. The number of halogens is 2. The molecule has 1 atom stereocenters. The molecular weight excluding hydrogens is 305 g/mol. The van der Waals surface area contributed by atoms with Crippen LogP contribution in [0.5, 0.6) is 0 Å². The summed E-state index contributed by atoms with van der Waals surface area (Å²) in [5, 5.41) is 1.31. The van der Waals surface area contributed by atoms with Gasteiger partial charge in [-0.05, 0) is 35.4 Å². The van der Waals surface area contributed by atoms with Gasteiger partial charge in [-0.3, -0.25) is 0 Å². The van der Waals surface area contributed by atoms with Crippen LogP contribution in [0.2, 0.25) is 10.0 Å². The predicted octanol–water partition coefficient (Wildman–Crippen LogP) is 4.75. The van der Waals surface area contributed by atoms with Gasteiger partial charge in [-0.1, -0.05) is 43.1 Å². The van der Waals surface area contributed by atoms with E-state index in [-0.39, 0.29) is 0 Å². The van der Waals surface area contributed by atoms with E-state index in [0.29, 0.717) is 27.3 Å². The van der Waals surface area contributed by atoms with E-state index in [9.17, 15) is 0 Å². The zero-order valence-electron chi connectivity index (χ0n) is 12.1. The normalized spacial score (nSPS) is 17.7. The number of nitrogens with two attached hydrogens (primary N) is 1. The van der Waals surface area contributed by atoms with Crippen molar-refractivity contribution in [3.63, 3.8) is 0 Å². The highest BCUT2D eigenvalue weighted by atomic mass is 35.5. The molecule has 3 N–H and O–H groups in total. The minimum atomic E-state index is 0.456. The molecule has 0 spiro atoms. The molecule has 0 unspecified atom stereocenters. The molecule has 0 bridgehead atoms. The smallest absolute Gasteiger partial charge is 0.197 e. The number of aromatic amines is 1. The minimum absolute atomic E-state index is 0.456. The fraction of sp³-hybridized carbons (Fsp3) is 0.312. The Bertz CT molecular complexity index is 589. The highest BCUT2D eigenvalue weighted by molar-refractivity contribution is 6.42. The van der Waals surface area contributed by atoms with E-state index >= 15 is 0 Å². The molecule has 2 aromatic rings. The summed E-state index contributed by atoms with van der Waals surface area (Å²) < 4.78 is 0. The maximum Gasteiger partial charge on any atom is 0.197 e. The zero-order valence-corrected chi connectivity index (χ0v) is 13.6. The van der Waals surface area contributed by atoms with Crippen LogP contribution in [0.25, 0.3) is 0 Å². The maximum atomic E-state index is 5.95.